The molecule has 0 aromatic heterocycles. The molecule has 0 saturated carbocycles. The van der Waals surface area contributed by atoms with Crippen LogP contribution in [-0.2, 0) is 47.6 Å². The van der Waals surface area contributed by atoms with Crippen LogP contribution in [0.25, 0.3) is 0 Å². The molecule has 0 bridgehead atoms. The third kappa shape index (κ3) is 3.95. The van der Waals surface area contributed by atoms with Gasteiger partial charge in [-0.25, -0.2) is 14.4 Å². The molecule has 4 aliphatic rings. The first-order valence-corrected chi connectivity index (χ1v) is 10.8. The van der Waals surface area contributed by atoms with Crippen molar-refractivity contribution in [3.8, 4) is 0 Å². The van der Waals surface area contributed by atoms with E-state index >= 15 is 0 Å². The van der Waals surface area contributed by atoms with Crippen LogP contribution >= 0.6 is 0 Å². The molecule has 0 N–H and O–H groups in total. The number of fused-ring (bicyclic) bond motifs is 3. The Balaban J connectivity index is 1.82. The van der Waals surface area contributed by atoms with Gasteiger partial charge in [-0.05, 0) is 33.6 Å². The molecule has 3 aliphatic heterocycles. The van der Waals surface area contributed by atoms with Gasteiger partial charge >= 0.3 is 23.9 Å². The predicted octanol–water partition coefficient (Wildman–Crippen LogP) is 1.16. The molecule has 180 valence electrons. The zero-order chi connectivity index (χ0) is 24.3. The van der Waals surface area contributed by atoms with E-state index in [1.165, 1.54) is 14.0 Å². The molecule has 3 fully saturated rings. The summed E-state index contributed by atoms with van der Waals surface area (Å²) >= 11 is 0. The second-order valence-corrected chi connectivity index (χ2v) is 9.23. The lowest BCUT2D eigenvalue weighted by molar-refractivity contribution is -0.175. The van der Waals surface area contributed by atoms with Gasteiger partial charge < -0.3 is 28.4 Å². The van der Waals surface area contributed by atoms with Gasteiger partial charge in [-0.1, -0.05) is 12.7 Å². The zero-order valence-corrected chi connectivity index (χ0v) is 19.2. The van der Waals surface area contributed by atoms with E-state index in [1.807, 2.05) is 6.92 Å². The minimum atomic E-state index is -1.36. The summed E-state index contributed by atoms with van der Waals surface area (Å²) in [5.41, 5.74) is -1.77. The standard InChI is InChI=1S/C23H28O10/c1-10-14-16(31-21(27)23(5)11(2)32-23)15(29-12(3)24)13(20(26)28-6)8-7-9-22(4)18(33-22)17(14)30-19(10)25/h8,11,14-18H,1,7,9H2,2-6H3/t11-,14+,15-,16-,17-,18-,22+,23-/m0/s1. The minimum Gasteiger partial charge on any atom is -0.466 e. The first-order valence-electron chi connectivity index (χ1n) is 10.8. The Morgan fingerprint density at radius 1 is 1.18 bits per heavy atom. The molecule has 3 saturated heterocycles. The molecule has 0 amide bonds. The molecular formula is C23H28O10. The molecule has 0 unspecified atom stereocenters. The summed E-state index contributed by atoms with van der Waals surface area (Å²) in [4.78, 5) is 50.4. The maximum Gasteiger partial charge on any atom is 0.341 e. The maximum absolute atomic E-state index is 13.1. The average molecular weight is 464 g/mol. The number of epoxide rings is 2. The van der Waals surface area contributed by atoms with Crippen LogP contribution in [0.2, 0.25) is 0 Å². The monoisotopic (exact) mass is 464 g/mol. The number of carbonyl (C=O) groups excluding carboxylic acids is 4. The van der Waals surface area contributed by atoms with Crippen molar-refractivity contribution in [2.24, 2.45) is 5.92 Å². The number of esters is 4. The fourth-order valence-electron chi connectivity index (χ4n) is 4.66. The highest BCUT2D eigenvalue weighted by atomic mass is 16.7. The van der Waals surface area contributed by atoms with Crippen LogP contribution in [0.4, 0.5) is 0 Å². The molecule has 4 rings (SSSR count). The molecule has 1 aliphatic carbocycles. The summed E-state index contributed by atoms with van der Waals surface area (Å²) in [5, 5.41) is 0. The van der Waals surface area contributed by atoms with Gasteiger partial charge in [-0.15, -0.1) is 0 Å². The smallest absolute Gasteiger partial charge is 0.341 e. The van der Waals surface area contributed by atoms with Gasteiger partial charge in [-0.2, -0.15) is 0 Å². The zero-order valence-electron chi connectivity index (χ0n) is 19.2. The van der Waals surface area contributed by atoms with E-state index in [2.05, 4.69) is 6.58 Å². The van der Waals surface area contributed by atoms with E-state index in [1.54, 1.807) is 19.9 Å². The van der Waals surface area contributed by atoms with E-state index in [0.29, 0.717) is 12.8 Å². The first-order chi connectivity index (χ1) is 15.4. The Labute approximate surface area is 191 Å². The topological polar surface area (TPSA) is 130 Å². The predicted molar refractivity (Wildman–Crippen MR) is 110 cm³/mol. The summed E-state index contributed by atoms with van der Waals surface area (Å²) in [6, 6.07) is 0. The van der Waals surface area contributed by atoms with Gasteiger partial charge in [0, 0.05) is 12.5 Å². The molecule has 10 nitrogen and oxygen atoms in total. The van der Waals surface area contributed by atoms with E-state index in [0.717, 1.165) is 0 Å². The fourth-order valence-corrected chi connectivity index (χ4v) is 4.66. The first kappa shape index (κ1) is 23.4. The molecule has 10 heteroatoms. The van der Waals surface area contributed by atoms with Crippen molar-refractivity contribution in [1.82, 2.24) is 0 Å². The Morgan fingerprint density at radius 3 is 2.42 bits per heavy atom. The van der Waals surface area contributed by atoms with Crippen LogP contribution in [0.15, 0.2) is 23.8 Å². The normalized spacial score (nSPS) is 41.5. The van der Waals surface area contributed by atoms with Gasteiger partial charge in [-0.3, -0.25) is 4.79 Å². The third-order valence-electron chi connectivity index (χ3n) is 6.97. The summed E-state index contributed by atoms with van der Waals surface area (Å²) in [7, 11) is 1.19. The lowest BCUT2D eigenvalue weighted by atomic mass is 9.80. The van der Waals surface area contributed by atoms with Crippen molar-refractivity contribution in [2.75, 3.05) is 7.11 Å². The average Bonchev–Trinajstić information content (AvgIpc) is 3.57. The molecule has 3 heterocycles. The number of rotatable bonds is 4. The van der Waals surface area contributed by atoms with Crippen LogP contribution < -0.4 is 0 Å². The molecular weight excluding hydrogens is 436 g/mol. The fraction of sp³-hybridized carbons (Fsp3) is 0.652. The molecule has 0 spiro atoms. The summed E-state index contributed by atoms with van der Waals surface area (Å²) in [6.07, 6.45) is -1.87. The quantitative estimate of drug-likeness (QED) is 0.258. The number of hydrogen-bond acceptors (Lipinski definition) is 10. The second-order valence-electron chi connectivity index (χ2n) is 9.23. The lowest BCUT2D eigenvalue weighted by Gasteiger charge is -2.34. The Hall–Kier alpha value is -2.72. The number of hydrogen-bond donors (Lipinski definition) is 0. The highest BCUT2D eigenvalue weighted by Crippen LogP contribution is 2.51. The molecule has 33 heavy (non-hydrogen) atoms. The van der Waals surface area contributed by atoms with Gasteiger partial charge in [0.25, 0.3) is 0 Å². The highest BCUT2D eigenvalue weighted by molar-refractivity contribution is 5.93. The highest BCUT2D eigenvalue weighted by Gasteiger charge is 2.66. The summed E-state index contributed by atoms with van der Waals surface area (Å²) < 4.78 is 33.2. The summed E-state index contributed by atoms with van der Waals surface area (Å²) in [5.74, 6) is -3.79. The van der Waals surface area contributed by atoms with Crippen LogP contribution in [0.3, 0.4) is 0 Å². The third-order valence-corrected chi connectivity index (χ3v) is 6.97. The van der Waals surface area contributed by atoms with Crippen LogP contribution in [0.1, 0.15) is 40.5 Å². The lowest BCUT2D eigenvalue weighted by Crippen LogP contribution is -2.49. The largest absolute Gasteiger partial charge is 0.466 e. The van der Waals surface area contributed by atoms with Crippen molar-refractivity contribution in [2.45, 2.75) is 82.3 Å². The minimum absolute atomic E-state index is 0.00554. The van der Waals surface area contributed by atoms with Gasteiger partial charge in [0.1, 0.15) is 12.2 Å². The molecule has 0 aromatic carbocycles. The maximum atomic E-state index is 13.1. The van der Waals surface area contributed by atoms with Crippen LogP contribution in [0.5, 0.6) is 0 Å². The Bertz CT molecular complexity index is 953. The van der Waals surface area contributed by atoms with Gasteiger partial charge in [0.05, 0.1) is 30.3 Å². The molecule has 0 aromatic rings. The number of methoxy groups -OCH3 is 1. The van der Waals surface area contributed by atoms with E-state index in [9.17, 15) is 19.2 Å². The van der Waals surface area contributed by atoms with Crippen molar-refractivity contribution in [1.29, 1.82) is 0 Å². The van der Waals surface area contributed by atoms with Crippen molar-refractivity contribution in [3.63, 3.8) is 0 Å². The number of ether oxygens (including phenoxy) is 6. The second kappa shape index (κ2) is 7.95. The van der Waals surface area contributed by atoms with Crippen LogP contribution in [-0.4, -0.2) is 72.7 Å². The van der Waals surface area contributed by atoms with Crippen molar-refractivity contribution in [3.05, 3.63) is 23.8 Å². The van der Waals surface area contributed by atoms with E-state index in [4.69, 9.17) is 28.4 Å². The molecule has 0 radical (unpaired) electrons. The van der Waals surface area contributed by atoms with E-state index < -0.39 is 65.4 Å². The SMILES string of the molecule is C=C1C(=O)O[C@H]2[C@H]1[C@H](OC(=O)[C@@]1(C)O[C@H]1C)[C@@H](OC(C)=O)C(C(=O)OC)=CCC[C@@]1(C)O[C@@H]21. The number of allylic oxidation sites excluding steroid dienone is 1. The van der Waals surface area contributed by atoms with Gasteiger partial charge in [0.2, 0.25) is 0 Å². The Morgan fingerprint density at radius 2 is 1.85 bits per heavy atom. The van der Waals surface area contributed by atoms with Crippen LogP contribution in [0, 0.1) is 5.92 Å². The number of carbonyl (C=O) groups is 4. The van der Waals surface area contributed by atoms with Gasteiger partial charge in [0.15, 0.2) is 17.8 Å². The van der Waals surface area contributed by atoms with Crippen molar-refractivity contribution < 1.29 is 47.6 Å². The molecule has 8 atom stereocenters. The Kier molecular flexibility index (Phi) is 5.65. The van der Waals surface area contributed by atoms with Crippen molar-refractivity contribution >= 4 is 23.9 Å². The summed E-state index contributed by atoms with van der Waals surface area (Å²) in [6.45, 7) is 10.2. The van der Waals surface area contributed by atoms with E-state index in [-0.39, 0.29) is 17.3 Å².